The largest absolute Gasteiger partial charge is 0.390 e. The lowest BCUT2D eigenvalue weighted by molar-refractivity contribution is 0.0108. The van der Waals surface area contributed by atoms with E-state index in [1.807, 2.05) is 0 Å². The molecule has 2 aliphatic heterocycles. The number of rotatable bonds is 11. The molecule has 0 aromatic heterocycles. The van der Waals surface area contributed by atoms with E-state index >= 15 is 0 Å². The van der Waals surface area contributed by atoms with Crippen LogP contribution in [0.4, 0.5) is 0 Å². The molecule has 2 bridgehead atoms. The molecule has 2 fully saturated rings. The van der Waals surface area contributed by atoms with E-state index in [2.05, 4.69) is 6.92 Å². The Kier molecular flexibility index (Phi) is 7.40. The first-order valence-electron chi connectivity index (χ1n) is 9.93. The lowest BCUT2D eigenvalue weighted by Crippen LogP contribution is -2.44. The number of hydrogen-bond acceptors (Lipinski definition) is 3. The highest BCUT2D eigenvalue weighted by Gasteiger charge is 2.52. The fourth-order valence-electron chi connectivity index (χ4n) is 4.49. The van der Waals surface area contributed by atoms with Gasteiger partial charge in [0.15, 0.2) is 9.84 Å². The minimum atomic E-state index is -2.91. The summed E-state index contributed by atoms with van der Waals surface area (Å²) in [6, 6.07) is 0. The normalized spacial score (nSPS) is 32.3. The van der Waals surface area contributed by atoms with Crippen molar-refractivity contribution in [1.82, 2.24) is 0 Å². The summed E-state index contributed by atoms with van der Waals surface area (Å²) >= 11 is 0. The van der Waals surface area contributed by atoms with Crippen molar-refractivity contribution in [3.05, 3.63) is 0 Å². The standard InChI is InChI=1S/C19H36O3S/c1-2-3-4-5-6-7-8-9-10-11-14-19(20)15-17-12-13-18(16-19)23(17,21)22/h17-18,20H,2-16H2,1H3. The van der Waals surface area contributed by atoms with Gasteiger partial charge in [0.25, 0.3) is 0 Å². The zero-order valence-corrected chi connectivity index (χ0v) is 15.7. The second-order valence-electron chi connectivity index (χ2n) is 7.97. The van der Waals surface area contributed by atoms with Crippen LogP contribution in [0, 0.1) is 0 Å². The zero-order chi connectivity index (χ0) is 16.8. The molecule has 0 aromatic carbocycles. The van der Waals surface area contributed by atoms with Crippen LogP contribution in [0.2, 0.25) is 0 Å². The van der Waals surface area contributed by atoms with Gasteiger partial charge in [0.2, 0.25) is 0 Å². The first kappa shape index (κ1) is 19.2. The fraction of sp³-hybridized carbons (Fsp3) is 1.00. The van der Waals surface area contributed by atoms with Crippen molar-refractivity contribution in [2.45, 2.75) is 119 Å². The maximum atomic E-state index is 12.1. The van der Waals surface area contributed by atoms with Crippen molar-refractivity contribution in [2.24, 2.45) is 0 Å². The second kappa shape index (κ2) is 8.84. The predicted octanol–water partition coefficient (Wildman–Crippen LogP) is 4.77. The van der Waals surface area contributed by atoms with E-state index in [9.17, 15) is 13.5 Å². The second-order valence-corrected chi connectivity index (χ2v) is 10.5. The summed E-state index contributed by atoms with van der Waals surface area (Å²) in [6.07, 6.45) is 16.3. The van der Waals surface area contributed by atoms with E-state index in [0.717, 1.165) is 25.7 Å². The van der Waals surface area contributed by atoms with Gasteiger partial charge in [0.1, 0.15) is 0 Å². The van der Waals surface area contributed by atoms with Crippen LogP contribution in [0.25, 0.3) is 0 Å². The Morgan fingerprint density at radius 1 is 0.826 bits per heavy atom. The summed E-state index contributed by atoms with van der Waals surface area (Å²) < 4.78 is 24.2. The van der Waals surface area contributed by atoms with Crippen LogP contribution in [0.15, 0.2) is 0 Å². The van der Waals surface area contributed by atoms with Crippen LogP contribution in [-0.4, -0.2) is 29.6 Å². The van der Waals surface area contributed by atoms with Gasteiger partial charge in [0.05, 0.1) is 16.1 Å². The van der Waals surface area contributed by atoms with Gasteiger partial charge < -0.3 is 5.11 Å². The van der Waals surface area contributed by atoms with Crippen LogP contribution >= 0.6 is 0 Å². The number of hydrogen-bond donors (Lipinski definition) is 1. The van der Waals surface area contributed by atoms with E-state index < -0.39 is 15.4 Å². The Labute approximate surface area is 143 Å². The smallest absolute Gasteiger partial charge is 0.156 e. The maximum absolute atomic E-state index is 12.1. The minimum absolute atomic E-state index is 0.255. The van der Waals surface area contributed by atoms with Crippen LogP contribution in [0.3, 0.4) is 0 Å². The van der Waals surface area contributed by atoms with Crippen molar-refractivity contribution in [3.8, 4) is 0 Å². The molecule has 2 saturated heterocycles. The van der Waals surface area contributed by atoms with E-state index in [1.165, 1.54) is 57.8 Å². The third-order valence-corrected chi connectivity index (χ3v) is 8.61. The van der Waals surface area contributed by atoms with Gasteiger partial charge in [-0.3, -0.25) is 0 Å². The number of sulfone groups is 1. The molecule has 0 aliphatic carbocycles. The Bertz CT molecular complexity index is 424. The van der Waals surface area contributed by atoms with Crippen molar-refractivity contribution in [3.63, 3.8) is 0 Å². The zero-order valence-electron chi connectivity index (χ0n) is 14.9. The summed E-state index contributed by atoms with van der Waals surface area (Å²) in [7, 11) is -2.91. The molecule has 2 atom stereocenters. The molecule has 2 heterocycles. The quantitative estimate of drug-likeness (QED) is 0.549. The molecular formula is C19H36O3S. The SMILES string of the molecule is CCCCCCCCCCCCC1(O)CC2CCC(C1)S2(=O)=O. The molecule has 1 N–H and O–H groups in total. The highest BCUT2D eigenvalue weighted by molar-refractivity contribution is 7.93. The Hall–Kier alpha value is -0.0900. The molecule has 2 rings (SSSR count). The molecule has 0 spiro atoms. The molecule has 0 aromatic rings. The molecule has 0 radical (unpaired) electrons. The average molecular weight is 345 g/mol. The van der Waals surface area contributed by atoms with E-state index in [4.69, 9.17) is 0 Å². The minimum Gasteiger partial charge on any atom is -0.390 e. The van der Waals surface area contributed by atoms with Crippen molar-refractivity contribution in [2.75, 3.05) is 0 Å². The average Bonchev–Trinajstić information content (AvgIpc) is 2.68. The summed E-state index contributed by atoms with van der Waals surface area (Å²) in [5, 5.41) is 10.2. The highest BCUT2D eigenvalue weighted by Crippen LogP contribution is 2.44. The first-order valence-corrected chi connectivity index (χ1v) is 11.5. The van der Waals surface area contributed by atoms with E-state index in [0.29, 0.717) is 12.8 Å². The van der Waals surface area contributed by atoms with Gasteiger partial charge in [-0.1, -0.05) is 71.1 Å². The van der Waals surface area contributed by atoms with Crippen molar-refractivity contribution in [1.29, 1.82) is 0 Å². The van der Waals surface area contributed by atoms with Crippen LogP contribution in [0.5, 0.6) is 0 Å². The van der Waals surface area contributed by atoms with Crippen molar-refractivity contribution < 1.29 is 13.5 Å². The molecular weight excluding hydrogens is 308 g/mol. The van der Waals surface area contributed by atoms with Gasteiger partial charge in [0, 0.05) is 0 Å². The molecule has 3 nitrogen and oxygen atoms in total. The Morgan fingerprint density at radius 3 is 1.74 bits per heavy atom. The fourth-order valence-corrected chi connectivity index (χ4v) is 7.04. The molecule has 2 aliphatic rings. The molecule has 0 amide bonds. The van der Waals surface area contributed by atoms with Gasteiger partial charge in [-0.05, 0) is 32.1 Å². The Morgan fingerprint density at radius 2 is 1.26 bits per heavy atom. The van der Waals surface area contributed by atoms with Crippen LogP contribution in [0.1, 0.15) is 103 Å². The van der Waals surface area contributed by atoms with Gasteiger partial charge in [-0.25, -0.2) is 8.42 Å². The summed E-state index contributed by atoms with van der Waals surface area (Å²) in [5.74, 6) is 0. The van der Waals surface area contributed by atoms with Crippen LogP contribution in [-0.2, 0) is 9.84 Å². The first-order chi connectivity index (χ1) is 11.0. The lowest BCUT2D eigenvalue weighted by Gasteiger charge is -2.36. The summed E-state index contributed by atoms with van der Waals surface area (Å²) in [6.45, 7) is 2.25. The predicted molar refractivity (Wildman–Crippen MR) is 96.4 cm³/mol. The van der Waals surface area contributed by atoms with Crippen molar-refractivity contribution >= 4 is 9.84 Å². The van der Waals surface area contributed by atoms with E-state index in [-0.39, 0.29) is 10.5 Å². The number of fused-ring (bicyclic) bond motifs is 2. The topological polar surface area (TPSA) is 54.4 Å². The summed E-state index contributed by atoms with van der Waals surface area (Å²) in [4.78, 5) is 0. The summed E-state index contributed by atoms with van der Waals surface area (Å²) in [5.41, 5.74) is -0.697. The monoisotopic (exact) mass is 344 g/mol. The van der Waals surface area contributed by atoms with Gasteiger partial charge >= 0.3 is 0 Å². The molecule has 136 valence electrons. The van der Waals surface area contributed by atoms with E-state index in [1.54, 1.807) is 0 Å². The Balaban J connectivity index is 1.53. The van der Waals surface area contributed by atoms with Gasteiger partial charge in [-0.2, -0.15) is 0 Å². The lowest BCUT2D eigenvalue weighted by atomic mass is 9.87. The molecule has 0 saturated carbocycles. The number of aliphatic hydroxyl groups is 1. The van der Waals surface area contributed by atoms with Gasteiger partial charge in [-0.15, -0.1) is 0 Å². The molecule has 2 unspecified atom stereocenters. The molecule has 4 heteroatoms. The third kappa shape index (κ3) is 5.45. The third-order valence-electron chi connectivity index (χ3n) is 5.95. The highest BCUT2D eigenvalue weighted by atomic mass is 32.2. The van der Waals surface area contributed by atoms with Crippen LogP contribution < -0.4 is 0 Å². The molecule has 23 heavy (non-hydrogen) atoms. The maximum Gasteiger partial charge on any atom is 0.156 e. The number of unbranched alkanes of at least 4 members (excludes halogenated alkanes) is 9.